The van der Waals surface area contributed by atoms with Crippen molar-refractivity contribution in [1.82, 2.24) is 24.9 Å². The van der Waals surface area contributed by atoms with Crippen LogP contribution >= 0.6 is 24.0 Å². The van der Waals surface area contributed by atoms with Gasteiger partial charge in [0.1, 0.15) is 5.60 Å². The highest BCUT2D eigenvalue weighted by Crippen LogP contribution is 2.27. The number of carbonyl (C=O) groups excluding carboxylic acids is 1. The molecule has 2 fully saturated rings. The Morgan fingerprint density at radius 1 is 1.26 bits per heavy atom. The highest BCUT2D eigenvalue weighted by atomic mass is 127. The number of rotatable bonds is 4. The fourth-order valence-electron chi connectivity index (χ4n) is 4.22. The molecule has 176 valence electrons. The lowest BCUT2D eigenvalue weighted by atomic mass is 9.98. The number of carbonyl (C=O) groups is 1. The maximum Gasteiger partial charge on any atom is 0.410 e. The molecule has 1 N–H and O–H groups in total. The average Bonchev–Trinajstić information content (AvgIpc) is 3.33. The fourth-order valence-corrected chi connectivity index (χ4v) is 4.22. The topological polar surface area (TPSA) is 75.0 Å². The third-order valence-electron chi connectivity index (χ3n) is 5.69. The van der Waals surface area contributed by atoms with Crippen molar-refractivity contribution in [2.45, 2.75) is 58.5 Å². The number of piperidine rings is 1. The summed E-state index contributed by atoms with van der Waals surface area (Å²) in [6, 6.07) is 0. The van der Waals surface area contributed by atoms with Crippen LogP contribution in [0, 0.1) is 5.92 Å². The highest BCUT2D eigenvalue weighted by Gasteiger charge is 2.29. The minimum absolute atomic E-state index is 0. The number of amides is 1. The third-order valence-corrected chi connectivity index (χ3v) is 5.69. The Balaban J connectivity index is 0.00000341. The molecule has 3 heterocycles. The molecule has 9 heteroatoms. The van der Waals surface area contributed by atoms with Crippen LogP contribution in [0.4, 0.5) is 4.79 Å². The van der Waals surface area contributed by atoms with Gasteiger partial charge in [-0.2, -0.15) is 5.10 Å². The predicted molar refractivity (Wildman–Crippen MR) is 134 cm³/mol. The first-order valence-electron chi connectivity index (χ1n) is 11.2. The van der Waals surface area contributed by atoms with Gasteiger partial charge in [0, 0.05) is 58.4 Å². The molecule has 0 saturated carbocycles. The smallest absolute Gasteiger partial charge is 0.410 e. The van der Waals surface area contributed by atoms with Crippen LogP contribution in [0.5, 0.6) is 0 Å². The molecule has 2 aliphatic rings. The second-order valence-corrected chi connectivity index (χ2v) is 9.51. The molecule has 0 aromatic carbocycles. The molecule has 2 atom stereocenters. The Kier molecular flexibility index (Phi) is 9.45. The van der Waals surface area contributed by atoms with Crippen molar-refractivity contribution in [3.05, 3.63) is 18.0 Å². The van der Waals surface area contributed by atoms with Crippen LogP contribution < -0.4 is 5.32 Å². The van der Waals surface area contributed by atoms with E-state index in [9.17, 15) is 4.79 Å². The summed E-state index contributed by atoms with van der Waals surface area (Å²) in [5.74, 6) is 1.86. The minimum Gasteiger partial charge on any atom is -0.444 e. The molecule has 0 spiro atoms. The van der Waals surface area contributed by atoms with E-state index >= 15 is 0 Å². The van der Waals surface area contributed by atoms with E-state index < -0.39 is 5.60 Å². The zero-order valence-electron chi connectivity index (χ0n) is 19.6. The van der Waals surface area contributed by atoms with Gasteiger partial charge in [0.05, 0.1) is 6.20 Å². The first-order valence-corrected chi connectivity index (χ1v) is 11.2. The lowest BCUT2D eigenvalue weighted by Crippen LogP contribution is -2.44. The molecule has 1 aromatic heterocycles. The molecule has 0 bridgehead atoms. The fraction of sp³-hybridized carbons (Fsp3) is 0.773. The van der Waals surface area contributed by atoms with Gasteiger partial charge in [-0.25, -0.2) is 4.79 Å². The van der Waals surface area contributed by atoms with E-state index in [0.717, 1.165) is 64.5 Å². The lowest BCUT2D eigenvalue weighted by Gasteiger charge is -2.33. The molecule has 8 nitrogen and oxygen atoms in total. The van der Waals surface area contributed by atoms with Crippen LogP contribution in [-0.2, 0) is 11.8 Å². The molecule has 1 amide bonds. The van der Waals surface area contributed by atoms with Crippen molar-refractivity contribution in [2.24, 2.45) is 18.0 Å². The number of aliphatic imine (C=N–C) groups is 1. The van der Waals surface area contributed by atoms with Crippen LogP contribution in [0.1, 0.15) is 58.4 Å². The number of halogens is 1. The summed E-state index contributed by atoms with van der Waals surface area (Å²) in [7, 11) is 1.96. The SMILES string of the molecule is CCNC(=NCC1CCCN(C(=O)OC(C)(C)C)C1)N1CCC(c2cnn(C)c2)C1.I. The van der Waals surface area contributed by atoms with Gasteiger partial charge < -0.3 is 19.9 Å². The van der Waals surface area contributed by atoms with Gasteiger partial charge in [-0.05, 0) is 58.4 Å². The molecular weight excluding hydrogens is 507 g/mol. The van der Waals surface area contributed by atoms with Crippen molar-refractivity contribution in [1.29, 1.82) is 0 Å². The summed E-state index contributed by atoms with van der Waals surface area (Å²) in [4.78, 5) is 21.6. The van der Waals surface area contributed by atoms with Crippen LogP contribution in [-0.4, -0.2) is 76.5 Å². The molecule has 1 aromatic rings. The maximum atomic E-state index is 12.4. The number of aromatic nitrogens is 2. The Bertz CT molecular complexity index is 745. The first-order chi connectivity index (χ1) is 14.2. The summed E-state index contributed by atoms with van der Waals surface area (Å²) in [6.45, 7) is 12.9. The lowest BCUT2D eigenvalue weighted by molar-refractivity contribution is 0.0170. The predicted octanol–water partition coefficient (Wildman–Crippen LogP) is 3.44. The number of likely N-dealkylation sites (tertiary alicyclic amines) is 2. The van der Waals surface area contributed by atoms with E-state index in [1.807, 2.05) is 43.6 Å². The van der Waals surface area contributed by atoms with Gasteiger partial charge in [0.15, 0.2) is 5.96 Å². The Morgan fingerprint density at radius 3 is 2.68 bits per heavy atom. The number of hydrogen-bond acceptors (Lipinski definition) is 4. The normalized spacial score (nSPS) is 22.3. The molecule has 2 unspecified atom stereocenters. The first kappa shape index (κ1) is 25.7. The van der Waals surface area contributed by atoms with E-state index in [4.69, 9.17) is 9.73 Å². The van der Waals surface area contributed by atoms with Gasteiger partial charge in [0.2, 0.25) is 0 Å². The Hall–Kier alpha value is -1.52. The summed E-state index contributed by atoms with van der Waals surface area (Å²) < 4.78 is 7.42. The Labute approximate surface area is 203 Å². The average molecular weight is 546 g/mol. The maximum absolute atomic E-state index is 12.4. The van der Waals surface area contributed by atoms with E-state index in [2.05, 4.69) is 28.4 Å². The summed E-state index contributed by atoms with van der Waals surface area (Å²) in [6.07, 6.45) is 7.11. The van der Waals surface area contributed by atoms with Crippen LogP contribution in [0.15, 0.2) is 17.4 Å². The molecule has 31 heavy (non-hydrogen) atoms. The molecule has 2 aliphatic heterocycles. The van der Waals surface area contributed by atoms with E-state index in [0.29, 0.717) is 11.8 Å². The zero-order chi connectivity index (χ0) is 21.7. The number of ether oxygens (including phenoxy) is 1. The van der Waals surface area contributed by atoms with Crippen molar-refractivity contribution in [3.8, 4) is 0 Å². The van der Waals surface area contributed by atoms with Gasteiger partial charge in [0.25, 0.3) is 0 Å². The highest BCUT2D eigenvalue weighted by molar-refractivity contribution is 14.0. The molecule has 2 saturated heterocycles. The molecule has 0 radical (unpaired) electrons. The molecular formula is C22H39IN6O2. The third kappa shape index (κ3) is 7.54. The zero-order valence-corrected chi connectivity index (χ0v) is 22.0. The minimum atomic E-state index is -0.457. The standard InChI is InChI=1S/C22H38N6O2.HI/c1-6-23-20(27-11-9-18(16-27)19-13-25-26(5)15-19)24-12-17-8-7-10-28(14-17)21(29)30-22(2,3)4;/h13,15,17-18H,6-12,14,16H2,1-5H3,(H,23,24);1H. The van der Waals surface area contributed by atoms with Gasteiger partial charge in [-0.3, -0.25) is 9.67 Å². The quantitative estimate of drug-likeness (QED) is 0.356. The van der Waals surface area contributed by atoms with Crippen molar-refractivity contribution >= 4 is 36.0 Å². The number of nitrogens with one attached hydrogen (secondary N) is 1. The van der Waals surface area contributed by atoms with Crippen LogP contribution in [0.3, 0.4) is 0 Å². The number of nitrogens with zero attached hydrogens (tertiary/aromatic N) is 5. The second kappa shape index (κ2) is 11.4. The van der Waals surface area contributed by atoms with Gasteiger partial charge in [-0.1, -0.05) is 0 Å². The molecule has 0 aliphatic carbocycles. The van der Waals surface area contributed by atoms with Crippen molar-refractivity contribution < 1.29 is 9.53 Å². The number of aryl methyl sites for hydroxylation is 1. The van der Waals surface area contributed by atoms with Crippen molar-refractivity contribution in [2.75, 3.05) is 39.3 Å². The summed E-state index contributed by atoms with van der Waals surface area (Å²) in [5.41, 5.74) is 0.845. The number of hydrogen-bond donors (Lipinski definition) is 1. The van der Waals surface area contributed by atoms with Gasteiger partial charge >= 0.3 is 6.09 Å². The number of guanidine groups is 1. The molecule has 3 rings (SSSR count). The summed E-state index contributed by atoms with van der Waals surface area (Å²) >= 11 is 0. The van der Waals surface area contributed by atoms with E-state index in [-0.39, 0.29) is 30.1 Å². The van der Waals surface area contributed by atoms with E-state index in [1.165, 1.54) is 5.56 Å². The van der Waals surface area contributed by atoms with Crippen molar-refractivity contribution in [3.63, 3.8) is 0 Å². The van der Waals surface area contributed by atoms with Crippen LogP contribution in [0.2, 0.25) is 0 Å². The summed E-state index contributed by atoms with van der Waals surface area (Å²) in [5, 5.41) is 7.77. The van der Waals surface area contributed by atoms with Crippen LogP contribution in [0.25, 0.3) is 0 Å². The van der Waals surface area contributed by atoms with E-state index in [1.54, 1.807) is 0 Å². The Morgan fingerprint density at radius 2 is 2.03 bits per heavy atom. The largest absolute Gasteiger partial charge is 0.444 e. The monoisotopic (exact) mass is 546 g/mol. The second-order valence-electron chi connectivity index (χ2n) is 9.51. The van der Waals surface area contributed by atoms with Gasteiger partial charge in [-0.15, -0.1) is 24.0 Å².